The van der Waals surface area contributed by atoms with Crippen LogP contribution in [0, 0.1) is 11.7 Å². The van der Waals surface area contributed by atoms with Crippen LogP contribution in [0.2, 0.25) is 0 Å². The van der Waals surface area contributed by atoms with Gasteiger partial charge in [0.25, 0.3) is 0 Å². The number of anilines is 1. The Kier molecular flexibility index (Phi) is 4.06. The highest BCUT2D eigenvalue weighted by Gasteiger charge is 2.29. The molecule has 2 saturated heterocycles. The Hall–Kier alpha value is -2.21. The van der Waals surface area contributed by atoms with Crippen molar-refractivity contribution in [2.24, 2.45) is 5.92 Å². The Bertz CT molecular complexity index is 752. The fourth-order valence-electron chi connectivity index (χ4n) is 3.67. The highest BCUT2D eigenvalue weighted by atomic mass is 19.1. The highest BCUT2D eigenvalue weighted by molar-refractivity contribution is 5.91. The molecule has 2 aromatic rings. The lowest BCUT2D eigenvalue weighted by Crippen LogP contribution is -2.50. The van der Waals surface area contributed by atoms with Crippen molar-refractivity contribution in [1.29, 1.82) is 0 Å². The number of rotatable bonds is 2. The minimum Gasteiger partial charge on any atom is -0.367 e. The van der Waals surface area contributed by atoms with Crippen molar-refractivity contribution in [3.63, 3.8) is 0 Å². The van der Waals surface area contributed by atoms with E-state index in [1.54, 1.807) is 12.3 Å². The van der Waals surface area contributed by atoms with Gasteiger partial charge in [0.15, 0.2) is 0 Å². The molecule has 4 rings (SSSR count). The standard InChI is InChI=1S/C18H21FN4O/c19-14-1-2-15-16(11-14)21-6-4-17(15)22-7-9-23(10-8-22)18(24)13-3-5-20-12-13/h1-2,4,6,11,13,20H,3,5,7-10,12H2. The Morgan fingerprint density at radius 2 is 2.04 bits per heavy atom. The molecule has 2 aliphatic rings. The smallest absolute Gasteiger partial charge is 0.227 e. The Labute approximate surface area is 140 Å². The van der Waals surface area contributed by atoms with Crippen molar-refractivity contribution in [3.8, 4) is 0 Å². The van der Waals surface area contributed by atoms with Gasteiger partial charge in [-0.2, -0.15) is 0 Å². The van der Waals surface area contributed by atoms with Crippen molar-refractivity contribution >= 4 is 22.5 Å². The summed E-state index contributed by atoms with van der Waals surface area (Å²) in [4.78, 5) is 21.0. The fourth-order valence-corrected chi connectivity index (χ4v) is 3.67. The molecule has 0 aliphatic carbocycles. The zero-order valence-electron chi connectivity index (χ0n) is 13.5. The molecule has 0 radical (unpaired) electrons. The summed E-state index contributed by atoms with van der Waals surface area (Å²) >= 11 is 0. The third-order valence-electron chi connectivity index (χ3n) is 5.02. The van der Waals surface area contributed by atoms with Gasteiger partial charge in [0.1, 0.15) is 5.82 Å². The minimum absolute atomic E-state index is 0.140. The molecule has 0 bridgehead atoms. The zero-order chi connectivity index (χ0) is 16.5. The SMILES string of the molecule is O=C(C1CCNC1)N1CCN(c2ccnc3cc(F)ccc23)CC1. The third kappa shape index (κ3) is 2.82. The summed E-state index contributed by atoms with van der Waals surface area (Å²) in [6.07, 6.45) is 2.67. The van der Waals surface area contributed by atoms with E-state index >= 15 is 0 Å². The summed E-state index contributed by atoms with van der Waals surface area (Å²) in [7, 11) is 0. The van der Waals surface area contributed by atoms with E-state index in [-0.39, 0.29) is 17.6 Å². The normalized spacial score (nSPS) is 21.5. The molecule has 1 N–H and O–H groups in total. The van der Waals surface area contributed by atoms with Crippen LogP contribution in [0.15, 0.2) is 30.5 Å². The number of piperazine rings is 1. The summed E-state index contributed by atoms with van der Waals surface area (Å²) in [6.45, 7) is 4.81. The van der Waals surface area contributed by atoms with Crippen molar-refractivity contribution in [2.75, 3.05) is 44.2 Å². The maximum Gasteiger partial charge on any atom is 0.227 e. The zero-order valence-corrected chi connectivity index (χ0v) is 13.5. The molecule has 1 amide bonds. The molecule has 6 heteroatoms. The van der Waals surface area contributed by atoms with Crippen LogP contribution < -0.4 is 10.2 Å². The van der Waals surface area contributed by atoms with E-state index in [4.69, 9.17) is 0 Å². The Morgan fingerprint density at radius 1 is 1.21 bits per heavy atom. The second-order valence-electron chi connectivity index (χ2n) is 6.49. The van der Waals surface area contributed by atoms with Gasteiger partial charge in [-0.3, -0.25) is 9.78 Å². The third-order valence-corrected chi connectivity index (χ3v) is 5.02. The van der Waals surface area contributed by atoms with Crippen LogP contribution in [0.1, 0.15) is 6.42 Å². The van der Waals surface area contributed by atoms with Gasteiger partial charge in [-0.1, -0.05) is 0 Å². The van der Waals surface area contributed by atoms with Crippen molar-refractivity contribution in [3.05, 3.63) is 36.3 Å². The maximum atomic E-state index is 13.4. The summed E-state index contributed by atoms with van der Waals surface area (Å²) in [5.74, 6) is 0.148. The van der Waals surface area contributed by atoms with Gasteiger partial charge in [-0.05, 0) is 31.2 Å². The number of carbonyl (C=O) groups excluding carboxylic acids is 1. The monoisotopic (exact) mass is 328 g/mol. The molecular weight excluding hydrogens is 307 g/mol. The first-order valence-electron chi connectivity index (χ1n) is 8.51. The fraction of sp³-hybridized carbons (Fsp3) is 0.444. The van der Waals surface area contributed by atoms with E-state index in [0.29, 0.717) is 5.52 Å². The lowest BCUT2D eigenvalue weighted by atomic mass is 10.1. The van der Waals surface area contributed by atoms with E-state index in [2.05, 4.69) is 15.2 Å². The number of nitrogens with zero attached hydrogens (tertiary/aromatic N) is 3. The van der Waals surface area contributed by atoms with E-state index in [1.807, 2.05) is 11.0 Å². The Morgan fingerprint density at radius 3 is 2.79 bits per heavy atom. The van der Waals surface area contributed by atoms with Gasteiger partial charge in [-0.15, -0.1) is 0 Å². The number of carbonyl (C=O) groups is 1. The van der Waals surface area contributed by atoms with Crippen LogP contribution in [0.5, 0.6) is 0 Å². The predicted molar refractivity (Wildman–Crippen MR) is 91.5 cm³/mol. The largest absolute Gasteiger partial charge is 0.367 e. The van der Waals surface area contributed by atoms with Crippen LogP contribution in [0.25, 0.3) is 10.9 Å². The lowest BCUT2D eigenvalue weighted by molar-refractivity contribution is -0.135. The molecule has 0 saturated carbocycles. The average molecular weight is 328 g/mol. The van der Waals surface area contributed by atoms with E-state index < -0.39 is 0 Å². The van der Waals surface area contributed by atoms with E-state index in [9.17, 15) is 9.18 Å². The second-order valence-corrected chi connectivity index (χ2v) is 6.49. The number of fused-ring (bicyclic) bond motifs is 1. The number of hydrogen-bond acceptors (Lipinski definition) is 4. The van der Waals surface area contributed by atoms with Gasteiger partial charge in [0.05, 0.1) is 11.4 Å². The van der Waals surface area contributed by atoms with Gasteiger partial charge in [-0.25, -0.2) is 4.39 Å². The molecule has 2 aliphatic heterocycles. The molecule has 1 atom stereocenters. The summed E-state index contributed by atoms with van der Waals surface area (Å²) in [5.41, 5.74) is 1.73. The topological polar surface area (TPSA) is 48.5 Å². The number of benzene rings is 1. The molecular formula is C18H21FN4O. The van der Waals surface area contributed by atoms with Crippen LogP contribution >= 0.6 is 0 Å². The first-order chi connectivity index (χ1) is 11.7. The Balaban J connectivity index is 1.49. The van der Waals surface area contributed by atoms with Crippen LogP contribution in [0.3, 0.4) is 0 Å². The molecule has 1 unspecified atom stereocenters. The highest BCUT2D eigenvalue weighted by Crippen LogP contribution is 2.27. The summed E-state index contributed by atoms with van der Waals surface area (Å²) < 4.78 is 13.4. The first kappa shape index (κ1) is 15.3. The van der Waals surface area contributed by atoms with Crippen molar-refractivity contribution in [2.45, 2.75) is 6.42 Å². The quantitative estimate of drug-likeness (QED) is 0.910. The molecule has 0 spiro atoms. The van der Waals surface area contributed by atoms with Crippen molar-refractivity contribution < 1.29 is 9.18 Å². The van der Waals surface area contributed by atoms with Gasteiger partial charge < -0.3 is 15.1 Å². The molecule has 3 heterocycles. The van der Waals surface area contributed by atoms with Gasteiger partial charge in [0.2, 0.25) is 5.91 Å². The predicted octanol–water partition coefficient (Wildman–Crippen LogP) is 1.63. The number of amides is 1. The van der Waals surface area contributed by atoms with Crippen molar-refractivity contribution in [1.82, 2.24) is 15.2 Å². The number of halogens is 1. The van der Waals surface area contributed by atoms with E-state index in [0.717, 1.165) is 56.8 Å². The number of nitrogens with one attached hydrogen (secondary N) is 1. The number of hydrogen-bond donors (Lipinski definition) is 1. The molecule has 1 aromatic carbocycles. The number of pyridine rings is 1. The molecule has 2 fully saturated rings. The first-order valence-corrected chi connectivity index (χ1v) is 8.51. The van der Waals surface area contributed by atoms with E-state index in [1.165, 1.54) is 12.1 Å². The minimum atomic E-state index is -0.271. The number of aromatic nitrogens is 1. The molecule has 1 aromatic heterocycles. The lowest BCUT2D eigenvalue weighted by Gasteiger charge is -2.37. The van der Waals surface area contributed by atoms with Gasteiger partial charge >= 0.3 is 0 Å². The summed E-state index contributed by atoms with van der Waals surface area (Å²) in [6, 6.07) is 6.69. The molecule has 126 valence electrons. The second kappa shape index (κ2) is 6.36. The van der Waals surface area contributed by atoms with Gasteiger partial charge in [0, 0.05) is 56.1 Å². The molecule has 5 nitrogen and oxygen atoms in total. The molecule has 24 heavy (non-hydrogen) atoms. The average Bonchev–Trinajstić information content (AvgIpc) is 3.15. The van der Waals surface area contributed by atoms with Crippen LogP contribution in [-0.2, 0) is 4.79 Å². The summed E-state index contributed by atoms with van der Waals surface area (Å²) in [5, 5.41) is 4.21. The maximum absolute atomic E-state index is 13.4. The van der Waals surface area contributed by atoms with Crippen LogP contribution in [-0.4, -0.2) is 55.1 Å². The van der Waals surface area contributed by atoms with Crippen LogP contribution in [0.4, 0.5) is 10.1 Å².